The summed E-state index contributed by atoms with van der Waals surface area (Å²) >= 11 is 4.51. The number of ether oxygens (including phenoxy) is 1. The van der Waals surface area contributed by atoms with Gasteiger partial charge < -0.3 is 20.1 Å². The van der Waals surface area contributed by atoms with Gasteiger partial charge in [-0.2, -0.15) is 0 Å². The molecule has 0 aliphatic heterocycles. The normalized spacial score (nSPS) is 39.4. The third-order valence-corrected chi connectivity index (χ3v) is 10.3. The molecule has 37 heavy (non-hydrogen) atoms. The van der Waals surface area contributed by atoms with Crippen LogP contribution in [0.1, 0.15) is 84.5 Å². The fraction of sp³-hybridized carbons (Fsp3) is 0.786. The van der Waals surface area contributed by atoms with Gasteiger partial charge in [0.15, 0.2) is 5.78 Å². The smallest absolute Gasteiger partial charge is 0.308 e. The van der Waals surface area contributed by atoms with Crippen molar-refractivity contribution in [1.29, 1.82) is 0 Å². The van der Waals surface area contributed by atoms with Gasteiger partial charge in [0.25, 0.3) is 6.29 Å². The number of isothiocyanates is 1. The summed E-state index contributed by atoms with van der Waals surface area (Å²) in [4.78, 5) is 41.5. The predicted octanol–water partition coefficient (Wildman–Crippen LogP) is 3.31. The molecule has 4 aliphatic rings. The van der Waals surface area contributed by atoms with Crippen LogP contribution in [0.5, 0.6) is 0 Å². The molecular formula is C28H39NO7S. The van der Waals surface area contributed by atoms with Crippen LogP contribution < -0.4 is 0 Å². The Kier molecular flexibility index (Phi) is 8.22. The molecule has 0 heterocycles. The van der Waals surface area contributed by atoms with Crippen molar-refractivity contribution in [3.8, 4) is 0 Å². The van der Waals surface area contributed by atoms with Crippen LogP contribution >= 0.6 is 12.2 Å². The number of aliphatic hydroxyl groups is 3. The van der Waals surface area contributed by atoms with E-state index < -0.39 is 35.2 Å². The first-order valence-corrected chi connectivity index (χ1v) is 14.0. The van der Waals surface area contributed by atoms with Gasteiger partial charge in [0.1, 0.15) is 5.60 Å². The molecule has 4 rings (SSSR count). The van der Waals surface area contributed by atoms with E-state index in [9.17, 15) is 29.7 Å². The lowest BCUT2D eigenvalue weighted by molar-refractivity contribution is -0.204. The van der Waals surface area contributed by atoms with Crippen LogP contribution in [-0.4, -0.2) is 62.6 Å². The number of esters is 1. The first kappa shape index (κ1) is 28.2. The fourth-order valence-electron chi connectivity index (χ4n) is 8.22. The molecule has 8 atom stereocenters. The van der Waals surface area contributed by atoms with E-state index in [0.717, 1.165) is 24.8 Å². The standard InChI is InChI=1S/C28H39NO7S/c1-26-11-9-18(30)14-17(26)7-8-19-20-10-12-28(35,27(20,2)15-21(31)23(19)26)24(33)25(34)36-22(32)6-4-3-5-13-29-16-37/h14,19-21,23,25,31,34-35H,3-13,15H2,1-2H3/t19-,20-,21-,23+,25?,26-,27-,28-/m0/s1. The van der Waals surface area contributed by atoms with E-state index >= 15 is 0 Å². The van der Waals surface area contributed by atoms with Gasteiger partial charge >= 0.3 is 5.97 Å². The molecule has 3 N–H and O–H groups in total. The maximum atomic E-state index is 13.4. The molecule has 8 nitrogen and oxygen atoms in total. The van der Waals surface area contributed by atoms with Gasteiger partial charge in [0.05, 0.1) is 11.3 Å². The Morgan fingerprint density at radius 1 is 1.22 bits per heavy atom. The average Bonchev–Trinajstić information content (AvgIpc) is 3.11. The SMILES string of the molecule is C[C@]12CCC(=O)C=C1CC[C@@H]1[C@@H]2[C@@H](O)C[C@@]2(C)[C@H]1CC[C@]2(O)C(=O)C(O)OC(=O)CCCCCN=C=S. The maximum absolute atomic E-state index is 13.4. The van der Waals surface area contributed by atoms with E-state index in [-0.39, 0.29) is 48.2 Å². The highest BCUT2D eigenvalue weighted by Gasteiger charge is 2.69. The first-order chi connectivity index (χ1) is 17.5. The lowest BCUT2D eigenvalue weighted by Crippen LogP contribution is -2.63. The van der Waals surface area contributed by atoms with Crippen molar-refractivity contribution in [3.63, 3.8) is 0 Å². The van der Waals surface area contributed by atoms with Gasteiger partial charge in [-0.1, -0.05) is 25.8 Å². The van der Waals surface area contributed by atoms with Gasteiger partial charge in [-0.3, -0.25) is 14.4 Å². The molecule has 0 aromatic rings. The van der Waals surface area contributed by atoms with Crippen LogP contribution in [0.25, 0.3) is 0 Å². The molecule has 0 aromatic heterocycles. The number of hydrogen-bond acceptors (Lipinski definition) is 9. The van der Waals surface area contributed by atoms with Gasteiger partial charge in [-0.25, -0.2) is 4.99 Å². The molecule has 0 radical (unpaired) electrons. The van der Waals surface area contributed by atoms with Gasteiger partial charge in [0, 0.05) is 24.8 Å². The number of unbranched alkanes of at least 4 members (excludes halogenated alkanes) is 2. The van der Waals surface area contributed by atoms with Crippen LogP contribution in [0, 0.1) is 28.6 Å². The number of aliphatic hydroxyl groups excluding tert-OH is 2. The predicted molar refractivity (Wildman–Crippen MR) is 139 cm³/mol. The molecule has 1 unspecified atom stereocenters. The molecule has 3 fully saturated rings. The van der Waals surface area contributed by atoms with Crippen molar-refractivity contribution in [1.82, 2.24) is 0 Å². The van der Waals surface area contributed by atoms with Crippen molar-refractivity contribution in [2.75, 3.05) is 6.54 Å². The topological polar surface area (TPSA) is 133 Å². The number of carbonyl (C=O) groups is 3. The number of fused-ring (bicyclic) bond motifs is 5. The Bertz CT molecular complexity index is 1020. The fourth-order valence-corrected chi connectivity index (χ4v) is 8.31. The van der Waals surface area contributed by atoms with Crippen LogP contribution in [-0.2, 0) is 19.1 Å². The minimum Gasteiger partial charge on any atom is -0.428 e. The Hall–Kier alpha value is -1.77. The first-order valence-electron chi connectivity index (χ1n) is 13.6. The zero-order chi connectivity index (χ0) is 27.0. The van der Waals surface area contributed by atoms with Crippen LogP contribution in [0.15, 0.2) is 16.6 Å². The van der Waals surface area contributed by atoms with Crippen molar-refractivity contribution in [2.45, 2.75) is 102 Å². The Balaban J connectivity index is 1.44. The molecule has 9 heteroatoms. The zero-order valence-corrected chi connectivity index (χ0v) is 22.6. The number of Topliss-reactive ketones (excluding diaryl/α,β-unsaturated/α-hetero) is 1. The zero-order valence-electron chi connectivity index (χ0n) is 21.8. The van der Waals surface area contributed by atoms with E-state index in [0.29, 0.717) is 38.6 Å². The van der Waals surface area contributed by atoms with E-state index in [1.807, 2.05) is 6.92 Å². The van der Waals surface area contributed by atoms with Crippen LogP contribution in [0.4, 0.5) is 0 Å². The Morgan fingerprint density at radius 3 is 2.70 bits per heavy atom. The number of nitrogens with zero attached hydrogens (tertiary/aromatic N) is 1. The van der Waals surface area contributed by atoms with Crippen LogP contribution in [0.3, 0.4) is 0 Å². The molecular weight excluding hydrogens is 494 g/mol. The van der Waals surface area contributed by atoms with Gasteiger partial charge in [0.2, 0.25) is 5.78 Å². The molecule has 0 saturated heterocycles. The minimum absolute atomic E-state index is 0.0243. The molecule has 0 amide bonds. The second-order valence-electron chi connectivity index (χ2n) is 12.0. The van der Waals surface area contributed by atoms with Crippen molar-refractivity contribution in [2.24, 2.45) is 33.6 Å². The number of thiocarbonyl (C=S) groups is 1. The molecule has 204 valence electrons. The summed E-state index contributed by atoms with van der Waals surface area (Å²) in [7, 11) is 0. The largest absolute Gasteiger partial charge is 0.428 e. The highest BCUT2D eigenvalue weighted by atomic mass is 32.1. The third-order valence-electron chi connectivity index (χ3n) is 10.1. The number of carbonyl (C=O) groups excluding carboxylic acids is 3. The summed E-state index contributed by atoms with van der Waals surface area (Å²) in [6.45, 7) is 4.51. The summed E-state index contributed by atoms with van der Waals surface area (Å²) < 4.78 is 5.03. The third kappa shape index (κ3) is 4.89. The van der Waals surface area contributed by atoms with E-state index in [2.05, 4.69) is 29.3 Å². The number of rotatable bonds is 9. The Morgan fingerprint density at radius 2 is 1.97 bits per heavy atom. The minimum atomic E-state index is -2.05. The van der Waals surface area contributed by atoms with E-state index in [4.69, 9.17) is 4.74 Å². The average molecular weight is 534 g/mol. The molecule has 3 saturated carbocycles. The number of ketones is 2. The monoisotopic (exact) mass is 533 g/mol. The van der Waals surface area contributed by atoms with Crippen molar-refractivity contribution < 1.29 is 34.4 Å². The lowest BCUT2D eigenvalue weighted by atomic mass is 9.45. The second-order valence-corrected chi connectivity index (χ2v) is 12.1. The lowest BCUT2D eigenvalue weighted by Gasteiger charge is -2.60. The van der Waals surface area contributed by atoms with E-state index in [1.54, 1.807) is 6.08 Å². The maximum Gasteiger partial charge on any atom is 0.308 e. The molecule has 0 aromatic carbocycles. The van der Waals surface area contributed by atoms with Gasteiger partial charge in [-0.05, 0) is 92.8 Å². The van der Waals surface area contributed by atoms with Crippen LogP contribution in [0.2, 0.25) is 0 Å². The summed E-state index contributed by atoms with van der Waals surface area (Å²) in [6.07, 6.45) is 4.67. The summed E-state index contributed by atoms with van der Waals surface area (Å²) in [5, 5.41) is 36.0. The van der Waals surface area contributed by atoms with E-state index in [1.165, 1.54) is 0 Å². The highest BCUT2D eigenvalue weighted by molar-refractivity contribution is 7.78. The quantitative estimate of drug-likeness (QED) is 0.135. The summed E-state index contributed by atoms with van der Waals surface area (Å²) in [5.74, 6) is -1.44. The summed E-state index contributed by atoms with van der Waals surface area (Å²) in [5.41, 5.74) is -2.01. The Labute approximate surface area is 223 Å². The number of aliphatic imine (C=N–C) groups is 1. The number of hydrogen-bond donors (Lipinski definition) is 3. The number of allylic oxidation sites excluding steroid dienone is 1. The summed E-state index contributed by atoms with van der Waals surface area (Å²) in [6, 6.07) is 0. The molecule has 0 bridgehead atoms. The second kappa shape index (κ2) is 10.8. The van der Waals surface area contributed by atoms with Gasteiger partial charge in [-0.15, -0.1) is 0 Å². The van der Waals surface area contributed by atoms with Crippen molar-refractivity contribution in [3.05, 3.63) is 11.6 Å². The molecule has 4 aliphatic carbocycles. The highest BCUT2D eigenvalue weighted by Crippen LogP contribution is 2.67. The molecule has 0 spiro atoms. The van der Waals surface area contributed by atoms with Crippen molar-refractivity contribution >= 4 is 34.9 Å².